The van der Waals surface area contributed by atoms with Crippen molar-refractivity contribution in [2.45, 2.75) is 19.1 Å². The number of aryl methyl sites for hydroxylation is 1. The van der Waals surface area contributed by atoms with Gasteiger partial charge < -0.3 is 9.67 Å². The van der Waals surface area contributed by atoms with Gasteiger partial charge in [0.15, 0.2) is 0 Å². The summed E-state index contributed by atoms with van der Waals surface area (Å²) in [5, 5.41) is 12.8. The lowest BCUT2D eigenvalue weighted by molar-refractivity contribution is -0.138. The molecule has 9 heteroatoms. The lowest BCUT2D eigenvalue weighted by Gasteiger charge is -2.07. The van der Waals surface area contributed by atoms with E-state index in [1.807, 2.05) is 0 Å². The summed E-state index contributed by atoms with van der Waals surface area (Å²) in [4.78, 5) is 23.0. The second-order valence-electron chi connectivity index (χ2n) is 5.38. The lowest BCUT2D eigenvalue weighted by atomic mass is 10.1. The summed E-state index contributed by atoms with van der Waals surface area (Å²) in [5.41, 5.74) is -0.662. The van der Waals surface area contributed by atoms with Crippen LogP contribution in [0.15, 0.2) is 47.5 Å². The van der Waals surface area contributed by atoms with Gasteiger partial charge in [-0.15, -0.1) is 0 Å². The van der Waals surface area contributed by atoms with E-state index in [0.29, 0.717) is 0 Å². The molecule has 1 N–H and O–H groups in total. The van der Waals surface area contributed by atoms with Gasteiger partial charge in [0.2, 0.25) is 0 Å². The van der Waals surface area contributed by atoms with Crippen LogP contribution in [-0.4, -0.2) is 25.3 Å². The monoisotopic (exact) mass is 351 g/mol. The zero-order valence-electron chi connectivity index (χ0n) is 12.7. The van der Waals surface area contributed by atoms with Crippen LogP contribution in [0.3, 0.4) is 0 Å². The first-order chi connectivity index (χ1) is 11.8. The number of alkyl halides is 3. The number of aliphatic carboxylic acids is 1. The fourth-order valence-electron chi connectivity index (χ4n) is 2.41. The van der Waals surface area contributed by atoms with Crippen molar-refractivity contribution in [2.75, 3.05) is 0 Å². The van der Waals surface area contributed by atoms with E-state index in [9.17, 15) is 22.8 Å². The third kappa shape index (κ3) is 3.39. The van der Waals surface area contributed by atoms with Crippen LogP contribution in [0.5, 0.6) is 0 Å². The average molecular weight is 351 g/mol. The molecule has 2 heterocycles. The molecule has 0 amide bonds. The fraction of sp³-hybridized carbons (Fsp3) is 0.188. The van der Waals surface area contributed by atoms with Gasteiger partial charge in [-0.3, -0.25) is 9.59 Å². The first kappa shape index (κ1) is 16.7. The number of halogens is 3. The molecule has 1 aromatic carbocycles. The van der Waals surface area contributed by atoms with Crippen molar-refractivity contribution in [3.05, 3.63) is 58.6 Å². The molecule has 2 aromatic heterocycles. The van der Waals surface area contributed by atoms with Crippen molar-refractivity contribution in [1.29, 1.82) is 0 Å². The van der Waals surface area contributed by atoms with Crippen LogP contribution in [-0.2, 0) is 17.5 Å². The van der Waals surface area contributed by atoms with Crippen molar-refractivity contribution in [1.82, 2.24) is 14.2 Å². The van der Waals surface area contributed by atoms with E-state index in [-0.39, 0.29) is 29.7 Å². The Bertz CT molecular complexity index is 1010. The van der Waals surface area contributed by atoms with Crippen molar-refractivity contribution < 1.29 is 23.1 Å². The molecule has 0 saturated carbocycles. The Morgan fingerprint density at radius 1 is 1.20 bits per heavy atom. The molecule has 0 fully saturated rings. The third-order valence-corrected chi connectivity index (χ3v) is 3.66. The molecule has 0 unspecified atom stereocenters. The molecule has 0 aliphatic heterocycles. The molecule has 25 heavy (non-hydrogen) atoms. The van der Waals surface area contributed by atoms with E-state index in [2.05, 4.69) is 5.10 Å². The highest BCUT2D eigenvalue weighted by atomic mass is 19.4. The Balaban J connectivity index is 2.03. The lowest BCUT2D eigenvalue weighted by Crippen LogP contribution is -2.22. The normalized spacial score (nSPS) is 11.8. The highest BCUT2D eigenvalue weighted by molar-refractivity contribution is 5.67. The molecule has 130 valence electrons. The smallest absolute Gasteiger partial charge is 0.416 e. The zero-order valence-corrected chi connectivity index (χ0v) is 12.7. The van der Waals surface area contributed by atoms with Crippen LogP contribution < -0.4 is 5.56 Å². The minimum absolute atomic E-state index is 0.00522. The van der Waals surface area contributed by atoms with Gasteiger partial charge in [0.1, 0.15) is 5.52 Å². The Kier molecular flexibility index (Phi) is 4.07. The van der Waals surface area contributed by atoms with Crippen molar-refractivity contribution in [3.63, 3.8) is 0 Å². The third-order valence-electron chi connectivity index (χ3n) is 3.66. The number of aromatic nitrogens is 3. The maximum absolute atomic E-state index is 12.8. The molecule has 0 aliphatic rings. The van der Waals surface area contributed by atoms with Crippen molar-refractivity contribution >= 4 is 11.5 Å². The number of nitrogens with zero attached hydrogens (tertiary/aromatic N) is 3. The summed E-state index contributed by atoms with van der Waals surface area (Å²) in [5.74, 6) is -1.04. The molecule has 3 aromatic rings. The number of carboxylic acid groups (broad SMARTS) is 1. The van der Waals surface area contributed by atoms with E-state index < -0.39 is 23.3 Å². The fourth-order valence-corrected chi connectivity index (χ4v) is 2.41. The van der Waals surface area contributed by atoms with Gasteiger partial charge in [-0.05, 0) is 18.2 Å². The Morgan fingerprint density at radius 2 is 1.96 bits per heavy atom. The maximum atomic E-state index is 12.8. The SMILES string of the molecule is O=C(O)CCn1ccn2nc(-c3cccc(C(F)(F)F)c3)cc2c1=O. The predicted molar refractivity (Wildman–Crippen MR) is 82.1 cm³/mol. The second-order valence-corrected chi connectivity index (χ2v) is 5.38. The van der Waals surface area contributed by atoms with E-state index in [1.165, 1.54) is 39.7 Å². The van der Waals surface area contributed by atoms with Gasteiger partial charge in [-0.1, -0.05) is 12.1 Å². The van der Waals surface area contributed by atoms with Crippen LogP contribution in [0.1, 0.15) is 12.0 Å². The summed E-state index contributed by atoms with van der Waals surface area (Å²) in [7, 11) is 0. The number of rotatable bonds is 4. The summed E-state index contributed by atoms with van der Waals surface area (Å²) < 4.78 is 41.0. The Labute approximate surface area is 138 Å². The molecule has 0 radical (unpaired) electrons. The molecular weight excluding hydrogens is 339 g/mol. The quantitative estimate of drug-likeness (QED) is 0.784. The minimum Gasteiger partial charge on any atom is -0.481 e. The summed E-state index contributed by atoms with van der Waals surface area (Å²) in [6, 6.07) is 6.05. The maximum Gasteiger partial charge on any atom is 0.416 e. The van der Waals surface area contributed by atoms with Gasteiger partial charge in [0.05, 0.1) is 17.7 Å². The van der Waals surface area contributed by atoms with Crippen LogP contribution in [0.4, 0.5) is 13.2 Å². The molecule has 0 aliphatic carbocycles. The molecule has 0 atom stereocenters. The number of benzene rings is 1. The summed E-state index contributed by atoms with van der Waals surface area (Å²) in [6.07, 6.45) is -1.85. The molecule has 3 rings (SSSR count). The molecule has 6 nitrogen and oxygen atoms in total. The second kappa shape index (κ2) is 6.08. The average Bonchev–Trinajstić information content (AvgIpc) is 2.98. The Hall–Kier alpha value is -3.10. The number of hydrogen-bond donors (Lipinski definition) is 1. The zero-order chi connectivity index (χ0) is 18.2. The molecule has 0 bridgehead atoms. The first-order valence-electron chi connectivity index (χ1n) is 7.24. The molecule has 0 saturated heterocycles. The van der Waals surface area contributed by atoms with Gasteiger partial charge in [-0.25, -0.2) is 4.52 Å². The standard InChI is InChI=1S/C16H12F3N3O3/c17-16(18,19)11-3-1-2-10(8-11)12-9-13-15(25)21(5-4-14(23)24)6-7-22(13)20-12/h1-3,6-9H,4-5H2,(H,23,24). The van der Waals surface area contributed by atoms with Crippen molar-refractivity contribution in [3.8, 4) is 11.3 Å². The Morgan fingerprint density at radius 3 is 2.64 bits per heavy atom. The van der Waals surface area contributed by atoms with E-state index in [4.69, 9.17) is 5.11 Å². The highest BCUT2D eigenvalue weighted by Crippen LogP contribution is 2.31. The largest absolute Gasteiger partial charge is 0.481 e. The summed E-state index contributed by atoms with van der Waals surface area (Å²) >= 11 is 0. The van der Waals surface area contributed by atoms with Crippen LogP contribution in [0, 0.1) is 0 Å². The summed E-state index contributed by atoms with van der Waals surface area (Å²) in [6.45, 7) is -0.00522. The van der Waals surface area contributed by atoms with Crippen molar-refractivity contribution in [2.24, 2.45) is 0 Å². The van der Waals surface area contributed by atoms with Gasteiger partial charge in [0, 0.05) is 24.5 Å². The number of carboxylic acids is 1. The minimum atomic E-state index is -4.47. The van der Waals surface area contributed by atoms with E-state index in [0.717, 1.165) is 12.1 Å². The van der Waals surface area contributed by atoms with Crippen LogP contribution >= 0.6 is 0 Å². The first-order valence-corrected chi connectivity index (χ1v) is 7.24. The molecular formula is C16H12F3N3O3. The highest BCUT2D eigenvalue weighted by Gasteiger charge is 2.30. The van der Waals surface area contributed by atoms with Crippen LogP contribution in [0.25, 0.3) is 16.8 Å². The predicted octanol–water partition coefficient (Wildman–Crippen LogP) is 2.66. The van der Waals surface area contributed by atoms with Crippen LogP contribution in [0.2, 0.25) is 0 Å². The van der Waals surface area contributed by atoms with E-state index in [1.54, 1.807) is 0 Å². The number of carbonyl (C=O) groups is 1. The van der Waals surface area contributed by atoms with Gasteiger partial charge in [0.25, 0.3) is 5.56 Å². The molecule has 0 spiro atoms. The number of fused-ring (bicyclic) bond motifs is 1. The van der Waals surface area contributed by atoms with Gasteiger partial charge in [-0.2, -0.15) is 18.3 Å². The number of hydrogen-bond acceptors (Lipinski definition) is 3. The topological polar surface area (TPSA) is 76.6 Å². The van der Waals surface area contributed by atoms with E-state index >= 15 is 0 Å². The van der Waals surface area contributed by atoms with Gasteiger partial charge >= 0.3 is 12.1 Å².